The number of carbonyl (C=O) groups is 1. The first kappa shape index (κ1) is 18.1. The molecule has 1 aliphatic heterocycles. The fourth-order valence-electron chi connectivity index (χ4n) is 2.67. The van der Waals surface area contributed by atoms with Crippen LogP contribution in [0.3, 0.4) is 0 Å². The molecule has 0 radical (unpaired) electrons. The van der Waals surface area contributed by atoms with Crippen LogP contribution in [0.4, 0.5) is 11.4 Å². The molecule has 0 bridgehead atoms. The second kappa shape index (κ2) is 6.87. The van der Waals surface area contributed by atoms with E-state index in [9.17, 15) is 13.2 Å². The second-order valence-electron chi connectivity index (χ2n) is 6.18. The molecule has 0 saturated heterocycles. The summed E-state index contributed by atoms with van der Waals surface area (Å²) in [4.78, 5) is 12.4. The van der Waals surface area contributed by atoms with E-state index in [1.165, 1.54) is 0 Å². The number of carbonyl (C=O) groups excluding carboxylic acids is 1. The topological polar surface area (TPSA) is 84.9 Å². The predicted molar refractivity (Wildman–Crippen MR) is 99.3 cm³/mol. The summed E-state index contributed by atoms with van der Waals surface area (Å²) in [5.74, 6) is 0.698. The smallest absolute Gasteiger partial charge is 0.245 e. The second-order valence-corrected chi connectivity index (χ2v) is 8.08. The number of nitrogens with zero attached hydrogens (tertiary/aromatic N) is 1. The van der Waals surface area contributed by atoms with E-state index in [1.54, 1.807) is 24.3 Å². The zero-order chi connectivity index (χ0) is 18.9. The third-order valence-corrected chi connectivity index (χ3v) is 5.10. The van der Waals surface area contributed by atoms with Gasteiger partial charge in [0.25, 0.3) is 0 Å². The standard InChI is InChI=1S/C18H20N2O5S/c1-12-4-5-13(2)15(8-12)20(26(3,22)23)10-18(21)19-14-6-7-16-17(9-14)25-11-24-16/h4-9H,10-11H2,1-3H3,(H,19,21). The molecule has 1 N–H and O–H groups in total. The molecule has 0 aromatic heterocycles. The Morgan fingerprint density at radius 3 is 2.58 bits per heavy atom. The summed E-state index contributed by atoms with van der Waals surface area (Å²) in [6.45, 7) is 3.50. The van der Waals surface area contributed by atoms with E-state index in [-0.39, 0.29) is 13.3 Å². The average molecular weight is 376 g/mol. The number of aryl methyl sites for hydroxylation is 2. The Balaban J connectivity index is 1.81. The van der Waals surface area contributed by atoms with Crippen molar-refractivity contribution >= 4 is 27.3 Å². The maximum atomic E-state index is 12.4. The highest BCUT2D eigenvalue weighted by molar-refractivity contribution is 7.92. The number of rotatable bonds is 5. The van der Waals surface area contributed by atoms with Gasteiger partial charge < -0.3 is 14.8 Å². The zero-order valence-corrected chi connectivity index (χ0v) is 15.6. The molecule has 3 rings (SSSR count). The third-order valence-electron chi connectivity index (χ3n) is 3.98. The Bertz CT molecular complexity index is 956. The van der Waals surface area contributed by atoms with Gasteiger partial charge in [-0.1, -0.05) is 12.1 Å². The predicted octanol–water partition coefficient (Wildman–Crippen LogP) is 2.44. The van der Waals surface area contributed by atoms with E-state index < -0.39 is 15.9 Å². The van der Waals surface area contributed by atoms with Crippen LogP contribution in [-0.4, -0.2) is 33.9 Å². The molecule has 138 valence electrons. The van der Waals surface area contributed by atoms with E-state index in [4.69, 9.17) is 9.47 Å². The lowest BCUT2D eigenvalue weighted by Crippen LogP contribution is -2.37. The minimum atomic E-state index is -3.63. The molecule has 0 fully saturated rings. The SMILES string of the molecule is Cc1ccc(C)c(N(CC(=O)Nc2ccc3c(c2)OCO3)S(C)(=O)=O)c1. The summed E-state index contributed by atoms with van der Waals surface area (Å²) in [6.07, 6.45) is 1.09. The Labute approximate surface area is 152 Å². The van der Waals surface area contributed by atoms with E-state index >= 15 is 0 Å². The van der Waals surface area contributed by atoms with E-state index in [1.807, 2.05) is 26.0 Å². The van der Waals surface area contributed by atoms with Gasteiger partial charge in [-0.05, 0) is 43.2 Å². The van der Waals surface area contributed by atoms with Gasteiger partial charge in [-0.2, -0.15) is 0 Å². The van der Waals surface area contributed by atoms with Crippen LogP contribution >= 0.6 is 0 Å². The minimum absolute atomic E-state index is 0.140. The van der Waals surface area contributed by atoms with Crippen molar-refractivity contribution in [3.8, 4) is 11.5 Å². The van der Waals surface area contributed by atoms with Crippen LogP contribution in [0, 0.1) is 13.8 Å². The highest BCUT2D eigenvalue weighted by atomic mass is 32.2. The number of hydrogen-bond acceptors (Lipinski definition) is 5. The van der Waals surface area contributed by atoms with Crippen LogP contribution in [0.5, 0.6) is 11.5 Å². The Morgan fingerprint density at radius 1 is 1.12 bits per heavy atom. The number of anilines is 2. The lowest BCUT2D eigenvalue weighted by molar-refractivity contribution is -0.114. The molecule has 8 heteroatoms. The first-order valence-electron chi connectivity index (χ1n) is 7.98. The molecule has 1 heterocycles. The van der Waals surface area contributed by atoms with E-state index in [2.05, 4.69) is 5.32 Å². The van der Waals surface area contributed by atoms with E-state index in [0.717, 1.165) is 21.7 Å². The quantitative estimate of drug-likeness (QED) is 0.866. The van der Waals surface area contributed by atoms with Gasteiger partial charge in [-0.25, -0.2) is 8.42 Å². The van der Waals surface area contributed by atoms with Crippen LogP contribution in [0.2, 0.25) is 0 Å². The number of fused-ring (bicyclic) bond motifs is 1. The highest BCUT2D eigenvalue weighted by Crippen LogP contribution is 2.34. The molecule has 2 aromatic rings. The number of nitrogens with one attached hydrogen (secondary N) is 1. The van der Waals surface area contributed by atoms with Gasteiger partial charge in [0.2, 0.25) is 22.7 Å². The van der Waals surface area contributed by atoms with Crippen molar-refractivity contribution in [1.82, 2.24) is 0 Å². The molecule has 7 nitrogen and oxygen atoms in total. The molecule has 0 saturated carbocycles. The monoisotopic (exact) mass is 376 g/mol. The Kier molecular flexibility index (Phi) is 4.78. The fraction of sp³-hybridized carbons (Fsp3) is 0.278. The van der Waals surface area contributed by atoms with Crippen molar-refractivity contribution in [2.24, 2.45) is 0 Å². The van der Waals surface area contributed by atoms with Crippen molar-refractivity contribution in [2.75, 3.05) is 29.2 Å². The number of hydrogen-bond donors (Lipinski definition) is 1. The summed E-state index contributed by atoms with van der Waals surface area (Å²) in [5, 5.41) is 2.70. The van der Waals surface area contributed by atoms with Gasteiger partial charge in [0.05, 0.1) is 11.9 Å². The number of benzene rings is 2. The zero-order valence-electron chi connectivity index (χ0n) is 14.8. The molecule has 0 unspecified atom stereocenters. The van der Waals surface area contributed by atoms with Gasteiger partial charge >= 0.3 is 0 Å². The first-order valence-corrected chi connectivity index (χ1v) is 9.83. The van der Waals surface area contributed by atoms with Crippen molar-refractivity contribution in [2.45, 2.75) is 13.8 Å². The van der Waals surface area contributed by atoms with E-state index in [0.29, 0.717) is 22.9 Å². The Morgan fingerprint density at radius 2 is 1.85 bits per heavy atom. The highest BCUT2D eigenvalue weighted by Gasteiger charge is 2.23. The van der Waals surface area contributed by atoms with Crippen molar-refractivity contribution in [3.05, 3.63) is 47.5 Å². The molecular weight excluding hydrogens is 356 g/mol. The lowest BCUT2D eigenvalue weighted by atomic mass is 10.1. The number of amides is 1. The van der Waals surface area contributed by atoms with Crippen LogP contribution in [-0.2, 0) is 14.8 Å². The third kappa shape index (κ3) is 3.91. The van der Waals surface area contributed by atoms with Gasteiger partial charge in [0, 0.05) is 11.8 Å². The minimum Gasteiger partial charge on any atom is -0.454 e. The van der Waals surface area contributed by atoms with Gasteiger partial charge in [-0.3, -0.25) is 9.10 Å². The van der Waals surface area contributed by atoms with Crippen molar-refractivity contribution in [1.29, 1.82) is 0 Å². The Hall–Kier alpha value is -2.74. The van der Waals surface area contributed by atoms with Crippen molar-refractivity contribution in [3.63, 3.8) is 0 Å². The van der Waals surface area contributed by atoms with Gasteiger partial charge in [-0.15, -0.1) is 0 Å². The fourth-order valence-corrected chi connectivity index (χ4v) is 3.58. The largest absolute Gasteiger partial charge is 0.454 e. The molecule has 0 aliphatic carbocycles. The van der Waals surface area contributed by atoms with Crippen LogP contribution in [0.1, 0.15) is 11.1 Å². The molecule has 2 aromatic carbocycles. The normalized spacial score (nSPS) is 12.7. The molecule has 0 atom stereocenters. The molecule has 26 heavy (non-hydrogen) atoms. The molecule has 1 aliphatic rings. The number of ether oxygens (including phenoxy) is 2. The van der Waals surface area contributed by atoms with Crippen LogP contribution < -0.4 is 19.1 Å². The average Bonchev–Trinajstić information content (AvgIpc) is 3.02. The van der Waals surface area contributed by atoms with Crippen LogP contribution in [0.25, 0.3) is 0 Å². The summed E-state index contributed by atoms with van der Waals surface area (Å²) in [7, 11) is -3.63. The van der Waals surface area contributed by atoms with Gasteiger partial charge in [0.1, 0.15) is 6.54 Å². The first-order chi connectivity index (χ1) is 12.2. The van der Waals surface area contributed by atoms with Crippen molar-refractivity contribution < 1.29 is 22.7 Å². The molecule has 1 amide bonds. The van der Waals surface area contributed by atoms with Crippen LogP contribution in [0.15, 0.2) is 36.4 Å². The molecule has 0 spiro atoms. The maximum absolute atomic E-state index is 12.4. The summed E-state index contributed by atoms with van der Waals surface area (Å²) in [6, 6.07) is 10.5. The lowest BCUT2D eigenvalue weighted by Gasteiger charge is -2.24. The summed E-state index contributed by atoms with van der Waals surface area (Å²) >= 11 is 0. The number of sulfonamides is 1. The molecular formula is C18H20N2O5S. The van der Waals surface area contributed by atoms with Gasteiger partial charge in [0.15, 0.2) is 11.5 Å². The summed E-state index contributed by atoms with van der Waals surface area (Å²) < 4.78 is 36.1. The summed E-state index contributed by atoms with van der Waals surface area (Å²) in [5.41, 5.74) is 2.69. The maximum Gasteiger partial charge on any atom is 0.245 e.